The van der Waals surface area contributed by atoms with E-state index in [1.54, 1.807) is 24.7 Å². The number of ether oxygens (including phenoxy) is 2. The molecule has 0 amide bonds. The van der Waals surface area contributed by atoms with Crippen molar-refractivity contribution >= 4 is 45.8 Å². The Morgan fingerprint density at radius 3 is 2.29 bits per heavy atom. The van der Waals surface area contributed by atoms with Crippen molar-refractivity contribution in [3.8, 4) is 0 Å². The zero-order valence-electron chi connectivity index (χ0n) is 30.1. The molecule has 2 rings (SSSR count). The maximum atomic E-state index is 14.4. The highest BCUT2D eigenvalue weighted by Crippen LogP contribution is 2.37. The molecule has 0 aromatic carbocycles. The first-order valence-electron chi connectivity index (χ1n) is 16.3. The molecule has 254 valence electrons. The molecule has 1 aliphatic heterocycles. The number of carbonyl (C=O) groups is 2. The molecule has 7 nitrogen and oxygen atoms in total. The molecule has 0 spiro atoms. The van der Waals surface area contributed by atoms with Crippen molar-refractivity contribution in [1.82, 2.24) is 4.98 Å². The van der Waals surface area contributed by atoms with Gasteiger partial charge in [-0.15, -0.1) is 11.3 Å². The van der Waals surface area contributed by atoms with Gasteiger partial charge in [-0.1, -0.05) is 33.8 Å². The van der Waals surface area contributed by atoms with Crippen LogP contribution in [0.25, 0.3) is 6.08 Å². The number of nitrogens with zero attached hydrogens (tertiary/aromatic N) is 1. The van der Waals surface area contributed by atoms with Gasteiger partial charge < -0.3 is 18.3 Å². The van der Waals surface area contributed by atoms with Crippen molar-refractivity contribution in [3.63, 3.8) is 0 Å². The lowest BCUT2D eigenvalue weighted by Crippen LogP contribution is -2.51. The van der Waals surface area contributed by atoms with Crippen LogP contribution in [0.3, 0.4) is 0 Å². The zero-order valence-corrected chi connectivity index (χ0v) is 32.9. The number of thiazole rings is 1. The van der Waals surface area contributed by atoms with Gasteiger partial charge in [0.2, 0.25) is 0 Å². The second-order valence-electron chi connectivity index (χ2n) is 15.1. The fraction of sp³-hybridized carbons (Fsp3) is 0.686. The van der Waals surface area contributed by atoms with Crippen molar-refractivity contribution in [2.24, 2.45) is 17.3 Å². The number of ketones is 1. The van der Waals surface area contributed by atoms with Crippen LogP contribution in [0.5, 0.6) is 0 Å². The summed E-state index contributed by atoms with van der Waals surface area (Å²) in [7, 11) is -2.48. The number of esters is 1. The van der Waals surface area contributed by atoms with E-state index in [4.69, 9.17) is 18.3 Å². The Morgan fingerprint density at radius 2 is 1.73 bits per heavy atom. The van der Waals surface area contributed by atoms with Crippen LogP contribution >= 0.6 is 11.3 Å². The van der Waals surface area contributed by atoms with Gasteiger partial charge in [0.1, 0.15) is 11.9 Å². The highest BCUT2D eigenvalue weighted by Gasteiger charge is 2.46. The smallest absolute Gasteiger partial charge is 0.309 e. The normalized spacial score (nSPS) is 26.9. The number of cyclic esters (lactones) is 1. The fourth-order valence-corrected chi connectivity index (χ4v) is 8.86. The van der Waals surface area contributed by atoms with E-state index in [9.17, 15) is 9.59 Å². The van der Waals surface area contributed by atoms with Gasteiger partial charge in [0.05, 0.1) is 42.7 Å². The van der Waals surface area contributed by atoms with Crippen LogP contribution in [-0.2, 0) is 27.9 Å². The van der Waals surface area contributed by atoms with Crippen LogP contribution in [-0.4, -0.2) is 58.8 Å². The Hall–Kier alpha value is -1.86. The molecule has 45 heavy (non-hydrogen) atoms. The maximum absolute atomic E-state index is 14.4. The van der Waals surface area contributed by atoms with Gasteiger partial charge in [-0.25, -0.2) is 4.98 Å². The third-order valence-corrected chi connectivity index (χ3v) is 10.9. The number of allylic oxidation sites excluding steroid dienone is 2. The highest BCUT2D eigenvalue weighted by molar-refractivity contribution is 7.09. The van der Waals surface area contributed by atoms with E-state index in [0.29, 0.717) is 6.42 Å². The number of hydrogen-bond donors (Lipinski definition) is 0. The largest absolute Gasteiger partial charge is 0.504 e. The molecule has 1 aliphatic rings. The SMILES string of the molecule is COC=CC1=CC[C@@H](C(C)=Cc2csc(C)n2)OC(=O)CC(O[Si](C)(C)C)C(C)(C)C(=O)[C@H](C)C(O[Si](C)(C)C)[C@@H](C)CCC1. The van der Waals surface area contributed by atoms with Crippen LogP contribution < -0.4 is 0 Å². The molecule has 1 aromatic heterocycles. The second-order valence-corrected chi connectivity index (χ2v) is 25.1. The van der Waals surface area contributed by atoms with E-state index in [0.717, 1.165) is 41.1 Å². The van der Waals surface area contributed by atoms with Crippen LogP contribution in [0.4, 0.5) is 0 Å². The van der Waals surface area contributed by atoms with Crippen LogP contribution in [0.15, 0.2) is 34.9 Å². The molecule has 5 atom stereocenters. The summed E-state index contributed by atoms with van der Waals surface area (Å²) in [6.07, 6.45) is 9.66. The van der Waals surface area contributed by atoms with Crippen molar-refractivity contribution in [1.29, 1.82) is 0 Å². The summed E-state index contributed by atoms with van der Waals surface area (Å²) in [5.74, 6) is -0.498. The lowest BCUT2D eigenvalue weighted by Gasteiger charge is -2.41. The van der Waals surface area contributed by atoms with E-state index in [1.807, 2.05) is 52.2 Å². The number of methoxy groups -OCH3 is 1. The minimum Gasteiger partial charge on any atom is -0.504 e. The summed E-state index contributed by atoms with van der Waals surface area (Å²) >= 11 is 1.59. The Balaban J connectivity index is 2.62. The molecule has 2 heterocycles. The second kappa shape index (κ2) is 16.8. The van der Waals surface area contributed by atoms with Crippen molar-refractivity contribution in [3.05, 3.63) is 45.6 Å². The molecule has 0 radical (unpaired) electrons. The fourth-order valence-electron chi connectivity index (χ4n) is 5.80. The maximum Gasteiger partial charge on any atom is 0.309 e. The Labute approximate surface area is 279 Å². The van der Waals surface area contributed by atoms with Gasteiger partial charge in [0.25, 0.3) is 0 Å². The van der Waals surface area contributed by atoms with Gasteiger partial charge >= 0.3 is 5.97 Å². The number of hydrogen-bond acceptors (Lipinski definition) is 8. The average Bonchev–Trinajstić information content (AvgIpc) is 3.32. The third-order valence-electron chi connectivity index (χ3n) is 8.18. The van der Waals surface area contributed by atoms with Crippen LogP contribution in [0.2, 0.25) is 39.3 Å². The molecule has 0 saturated heterocycles. The van der Waals surface area contributed by atoms with Gasteiger partial charge in [-0.2, -0.15) is 0 Å². The quantitative estimate of drug-likeness (QED) is 0.154. The lowest BCUT2D eigenvalue weighted by molar-refractivity contribution is -0.153. The standard InChI is InChI=1S/C35H59NO6SSi2/c1-24-15-14-16-28(19-20-39-7)17-18-30(25(2)21-29-23-43-27(4)36-29)40-32(37)22-31(41-44(8,9)10)35(5,6)34(38)26(3)33(24)42-45(11,12)13/h17,19-21,23-24,26,30-31,33H,14-16,18,22H2,1-13H3/t24-,26+,30-,31?,33?/m0/s1. The van der Waals surface area contributed by atoms with E-state index in [2.05, 4.69) is 57.3 Å². The van der Waals surface area contributed by atoms with E-state index in [-0.39, 0.29) is 36.1 Å². The molecule has 0 saturated carbocycles. The van der Waals surface area contributed by atoms with Crippen molar-refractivity contribution < 1.29 is 27.9 Å². The summed E-state index contributed by atoms with van der Waals surface area (Å²) in [6, 6.07) is 0. The van der Waals surface area contributed by atoms with E-state index >= 15 is 0 Å². The summed E-state index contributed by atoms with van der Waals surface area (Å²) in [4.78, 5) is 32.8. The molecule has 1 aromatic rings. The van der Waals surface area contributed by atoms with Gasteiger partial charge in [-0.3, -0.25) is 9.59 Å². The first-order valence-corrected chi connectivity index (χ1v) is 24.0. The first-order chi connectivity index (χ1) is 20.7. The number of rotatable bonds is 8. The molecule has 0 bridgehead atoms. The third kappa shape index (κ3) is 13.0. The Morgan fingerprint density at radius 1 is 1.09 bits per heavy atom. The highest BCUT2D eigenvalue weighted by atomic mass is 32.1. The predicted octanol–water partition coefficient (Wildman–Crippen LogP) is 9.12. The molecule has 10 heteroatoms. The van der Waals surface area contributed by atoms with Crippen molar-refractivity contribution in [2.45, 2.75) is 131 Å². The van der Waals surface area contributed by atoms with Crippen molar-refractivity contribution in [2.75, 3.05) is 7.11 Å². The predicted molar refractivity (Wildman–Crippen MR) is 191 cm³/mol. The summed E-state index contributed by atoms with van der Waals surface area (Å²) < 4.78 is 24.9. The summed E-state index contributed by atoms with van der Waals surface area (Å²) in [5, 5.41) is 2.99. The minimum atomic E-state index is -2.15. The molecular weight excluding hydrogens is 619 g/mol. The van der Waals surface area contributed by atoms with Gasteiger partial charge in [0, 0.05) is 23.1 Å². The summed E-state index contributed by atoms with van der Waals surface area (Å²) in [5.41, 5.74) is 1.95. The lowest BCUT2D eigenvalue weighted by atomic mass is 9.73. The number of aryl methyl sites for hydroxylation is 1. The minimum absolute atomic E-state index is 0.00936. The number of aromatic nitrogens is 1. The Bertz CT molecular complexity index is 1220. The molecular formula is C35H59NO6SSi2. The molecule has 0 aliphatic carbocycles. The monoisotopic (exact) mass is 677 g/mol. The van der Waals surface area contributed by atoms with E-state index in [1.165, 1.54) is 0 Å². The van der Waals surface area contributed by atoms with Crippen LogP contribution in [0.1, 0.15) is 77.4 Å². The summed E-state index contributed by atoms with van der Waals surface area (Å²) in [6.45, 7) is 24.8. The average molecular weight is 678 g/mol. The molecule has 2 unspecified atom stereocenters. The zero-order chi connectivity index (χ0) is 34.2. The van der Waals surface area contributed by atoms with Gasteiger partial charge in [0.15, 0.2) is 16.6 Å². The van der Waals surface area contributed by atoms with E-state index < -0.39 is 34.3 Å². The van der Waals surface area contributed by atoms with Gasteiger partial charge in [-0.05, 0) is 102 Å². The number of carbonyl (C=O) groups excluding carboxylic acids is 2. The Kier molecular flexibility index (Phi) is 14.7. The van der Waals surface area contributed by atoms with Crippen LogP contribution in [0, 0.1) is 24.2 Å². The number of Topliss-reactive ketones (excluding diaryl/α,β-unsaturated/α-hetero) is 1. The first kappa shape index (κ1) is 39.3. The topological polar surface area (TPSA) is 84.0 Å². The molecule has 0 N–H and O–H groups in total. The molecule has 0 fully saturated rings.